The van der Waals surface area contributed by atoms with Gasteiger partial charge in [0, 0.05) is 12.6 Å². The Balaban J connectivity index is 1.92. The molecule has 102 valence electrons. The molecule has 0 aliphatic carbocycles. The summed E-state index contributed by atoms with van der Waals surface area (Å²) in [6.45, 7) is 8.43. The highest BCUT2D eigenvalue weighted by Gasteiger charge is 2.19. The minimum Gasteiger partial charge on any atom is -0.314 e. The normalized spacial score (nSPS) is 23.1. The van der Waals surface area contributed by atoms with Gasteiger partial charge in [-0.25, -0.2) is 0 Å². The lowest BCUT2D eigenvalue weighted by Gasteiger charge is -2.17. The molecule has 17 heavy (non-hydrogen) atoms. The van der Waals surface area contributed by atoms with Crippen LogP contribution in [-0.2, 0) is 0 Å². The van der Waals surface area contributed by atoms with Crippen molar-refractivity contribution < 1.29 is 0 Å². The van der Waals surface area contributed by atoms with Crippen LogP contribution < -0.4 is 5.32 Å². The molecule has 0 aromatic rings. The number of likely N-dealkylation sites (tertiary alicyclic amines) is 1. The van der Waals surface area contributed by atoms with Gasteiger partial charge in [-0.3, -0.25) is 0 Å². The number of hydrogen-bond acceptors (Lipinski definition) is 2. The molecule has 1 rings (SSSR count). The molecule has 1 N–H and O–H groups in total. The van der Waals surface area contributed by atoms with E-state index in [0.717, 1.165) is 5.92 Å². The highest BCUT2D eigenvalue weighted by atomic mass is 15.1. The summed E-state index contributed by atoms with van der Waals surface area (Å²) >= 11 is 0. The molecule has 0 bridgehead atoms. The van der Waals surface area contributed by atoms with E-state index in [1.165, 1.54) is 64.6 Å². The van der Waals surface area contributed by atoms with Gasteiger partial charge in [0.05, 0.1) is 0 Å². The van der Waals surface area contributed by atoms with Gasteiger partial charge in [-0.15, -0.1) is 0 Å². The van der Waals surface area contributed by atoms with E-state index in [2.05, 4.69) is 31.1 Å². The average Bonchev–Trinajstić information content (AvgIpc) is 2.72. The van der Waals surface area contributed by atoms with Crippen molar-refractivity contribution in [3.63, 3.8) is 0 Å². The molecular weight excluding hydrogens is 208 g/mol. The first-order valence-corrected chi connectivity index (χ1v) is 7.64. The van der Waals surface area contributed by atoms with E-state index in [1.807, 2.05) is 0 Å². The molecular formula is C15H32N2. The first-order chi connectivity index (χ1) is 8.22. The molecule has 2 heteroatoms. The first-order valence-electron chi connectivity index (χ1n) is 7.64. The Morgan fingerprint density at radius 3 is 2.65 bits per heavy atom. The summed E-state index contributed by atoms with van der Waals surface area (Å²) in [5.74, 6) is 0.891. The molecule has 2 nitrogen and oxygen atoms in total. The predicted molar refractivity (Wildman–Crippen MR) is 76.4 cm³/mol. The maximum Gasteiger partial charge on any atom is 0.00388 e. The minimum absolute atomic E-state index is 0.711. The van der Waals surface area contributed by atoms with E-state index < -0.39 is 0 Å². The highest BCUT2D eigenvalue weighted by molar-refractivity contribution is 4.76. The van der Waals surface area contributed by atoms with Crippen molar-refractivity contribution in [3.05, 3.63) is 0 Å². The fourth-order valence-corrected chi connectivity index (χ4v) is 2.72. The SMILES string of the molecule is CCCCCCCC(C)NCC1CCN(C)C1. The molecule has 0 aromatic carbocycles. The summed E-state index contributed by atoms with van der Waals surface area (Å²) in [7, 11) is 2.23. The van der Waals surface area contributed by atoms with Crippen molar-refractivity contribution in [3.8, 4) is 0 Å². The second-order valence-electron chi connectivity index (χ2n) is 5.93. The third-order valence-electron chi connectivity index (χ3n) is 3.98. The molecule has 1 aliphatic heterocycles. The van der Waals surface area contributed by atoms with E-state index in [1.54, 1.807) is 0 Å². The number of nitrogens with zero attached hydrogens (tertiary/aromatic N) is 1. The molecule has 0 amide bonds. The molecule has 0 radical (unpaired) electrons. The third-order valence-corrected chi connectivity index (χ3v) is 3.98. The van der Waals surface area contributed by atoms with Crippen molar-refractivity contribution in [2.24, 2.45) is 5.92 Å². The Kier molecular flexibility index (Phi) is 7.87. The quantitative estimate of drug-likeness (QED) is 0.622. The minimum atomic E-state index is 0.711. The standard InChI is InChI=1S/C15H32N2/c1-4-5-6-7-8-9-14(2)16-12-15-10-11-17(3)13-15/h14-16H,4-13H2,1-3H3. The van der Waals surface area contributed by atoms with E-state index in [0.29, 0.717) is 6.04 Å². The number of unbranched alkanes of at least 4 members (excludes halogenated alkanes) is 4. The summed E-state index contributed by atoms with van der Waals surface area (Å²) in [5.41, 5.74) is 0. The Morgan fingerprint density at radius 1 is 1.24 bits per heavy atom. The zero-order valence-corrected chi connectivity index (χ0v) is 12.2. The number of hydrogen-bond donors (Lipinski definition) is 1. The maximum absolute atomic E-state index is 3.71. The first kappa shape index (κ1) is 15.0. The second-order valence-corrected chi connectivity index (χ2v) is 5.93. The molecule has 2 atom stereocenters. The van der Waals surface area contributed by atoms with Gasteiger partial charge in [0.1, 0.15) is 0 Å². The summed E-state index contributed by atoms with van der Waals surface area (Å²) in [4.78, 5) is 2.45. The summed E-state index contributed by atoms with van der Waals surface area (Å²) < 4.78 is 0. The van der Waals surface area contributed by atoms with Gasteiger partial charge < -0.3 is 10.2 Å². The Hall–Kier alpha value is -0.0800. The average molecular weight is 240 g/mol. The molecule has 0 saturated carbocycles. The van der Waals surface area contributed by atoms with Crippen LogP contribution in [-0.4, -0.2) is 37.6 Å². The number of rotatable bonds is 9. The summed E-state index contributed by atoms with van der Waals surface area (Å²) in [5, 5.41) is 3.71. The van der Waals surface area contributed by atoms with E-state index in [4.69, 9.17) is 0 Å². The van der Waals surface area contributed by atoms with Crippen LogP contribution in [0.4, 0.5) is 0 Å². The van der Waals surface area contributed by atoms with Gasteiger partial charge in [0.2, 0.25) is 0 Å². The topological polar surface area (TPSA) is 15.3 Å². The zero-order chi connectivity index (χ0) is 12.5. The van der Waals surface area contributed by atoms with Crippen LogP contribution in [0, 0.1) is 5.92 Å². The maximum atomic E-state index is 3.71. The monoisotopic (exact) mass is 240 g/mol. The van der Waals surface area contributed by atoms with Crippen LogP contribution in [0.2, 0.25) is 0 Å². The lowest BCUT2D eigenvalue weighted by atomic mass is 10.1. The van der Waals surface area contributed by atoms with Crippen molar-refractivity contribution in [1.29, 1.82) is 0 Å². The van der Waals surface area contributed by atoms with Crippen LogP contribution in [0.25, 0.3) is 0 Å². The van der Waals surface area contributed by atoms with E-state index in [9.17, 15) is 0 Å². The van der Waals surface area contributed by atoms with Crippen molar-refractivity contribution >= 4 is 0 Å². The molecule has 0 spiro atoms. The molecule has 1 heterocycles. The van der Waals surface area contributed by atoms with Crippen LogP contribution in [0.1, 0.15) is 58.8 Å². The van der Waals surface area contributed by atoms with Gasteiger partial charge in [-0.2, -0.15) is 0 Å². The van der Waals surface area contributed by atoms with Gasteiger partial charge >= 0.3 is 0 Å². The predicted octanol–water partition coefficient (Wildman–Crippen LogP) is 3.28. The van der Waals surface area contributed by atoms with Gasteiger partial charge in [-0.1, -0.05) is 39.0 Å². The Morgan fingerprint density at radius 2 is 2.00 bits per heavy atom. The Bertz CT molecular complexity index is 182. The van der Waals surface area contributed by atoms with Crippen LogP contribution in [0.5, 0.6) is 0 Å². The smallest absolute Gasteiger partial charge is 0.00388 e. The summed E-state index contributed by atoms with van der Waals surface area (Å²) in [6, 6.07) is 0.711. The van der Waals surface area contributed by atoms with E-state index in [-0.39, 0.29) is 0 Å². The van der Waals surface area contributed by atoms with Gasteiger partial charge in [0.15, 0.2) is 0 Å². The molecule has 1 fully saturated rings. The fourth-order valence-electron chi connectivity index (χ4n) is 2.72. The van der Waals surface area contributed by atoms with Crippen molar-refractivity contribution in [2.75, 3.05) is 26.7 Å². The molecule has 1 aliphatic rings. The lowest BCUT2D eigenvalue weighted by Crippen LogP contribution is -2.32. The van der Waals surface area contributed by atoms with Gasteiger partial charge in [0.25, 0.3) is 0 Å². The van der Waals surface area contributed by atoms with Crippen LogP contribution in [0.3, 0.4) is 0 Å². The molecule has 0 aromatic heterocycles. The second kappa shape index (κ2) is 8.93. The zero-order valence-electron chi connectivity index (χ0n) is 12.2. The number of nitrogens with one attached hydrogen (secondary N) is 1. The fraction of sp³-hybridized carbons (Fsp3) is 1.00. The van der Waals surface area contributed by atoms with Crippen LogP contribution in [0.15, 0.2) is 0 Å². The van der Waals surface area contributed by atoms with Gasteiger partial charge in [-0.05, 0) is 45.8 Å². The lowest BCUT2D eigenvalue weighted by molar-refractivity contribution is 0.375. The molecule has 2 unspecified atom stereocenters. The van der Waals surface area contributed by atoms with Crippen LogP contribution >= 0.6 is 0 Å². The highest BCUT2D eigenvalue weighted by Crippen LogP contribution is 2.13. The Labute approximate surface area is 108 Å². The van der Waals surface area contributed by atoms with Crippen molar-refractivity contribution in [2.45, 2.75) is 64.8 Å². The van der Waals surface area contributed by atoms with Crippen molar-refractivity contribution in [1.82, 2.24) is 10.2 Å². The third kappa shape index (κ3) is 7.05. The summed E-state index contributed by atoms with van der Waals surface area (Å²) in [6.07, 6.45) is 9.75. The molecule has 1 saturated heterocycles. The largest absolute Gasteiger partial charge is 0.314 e. The van der Waals surface area contributed by atoms with E-state index >= 15 is 0 Å².